The first-order valence-electron chi connectivity index (χ1n) is 10.3. The van der Waals surface area contributed by atoms with Crippen LogP contribution in [0.3, 0.4) is 0 Å². The van der Waals surface area contributed by atoms with E-state index < -0.39 is 0 Å². The summed E-state index contributed by atoms with van der Waals surface area (Å²) in [6.45, 7) is 8.47. The number of piperidine rings is 1. The molecule has 0 aliphatic carbocycles. The number of nitrogens with one attached hydrogen (secondary N) is 1. The van der Waals surface area contributed by atoms with Crippen molar-refractivity contribution in [3.05, 3.63) is 81.2 Å². The molecule has 0 spiro atoms. The van der Waals surface area contributed by atoms with Gasteiger partial charge in [0.25, 0.3) is 0 Å². The SMILES string of the molecule is Cc1ccc2c(C[NH2+]C3CC[NH+](Cc4ccccc4)CC3)cc(=O)oc2c1C. The standard InChI is InChI=1S/C24H28N2O2/c1-17-8-9-22-20(14-23(27)28-24(22)18(17)2)15-25-21-10-12-26(13-11-21)16-19-6-4-3-5-7-19/h3-9,14,21,25H,10-13,15-16H2,1-2H3/p+2. The molecule has 4 rings (SSSR count). The first-order chi connectivity index (χ1) is 13.6. The van der Waals surface area contributed by atoms with E-state index in [1.165, 1.54) is 31.5 Å². The van der Waals surface area contributed by atoms with Gasteiger partial charge in [-0.05, 0) is 25.0 Å². The third kappa shape index (κ3) is 4.18. The summed E-state index contributed by atoms with van der Waals surface area (Å²) in [4.78, 5) is 13.7. The average Bonchev–Trinajstić information content (AvgIpc) is 2.71. The fourth-order valence-corrected chi connectivity index (χ4v) is 4.33. The normalized spacial score (nSPS) is 19.8. The van der Waals surface area contributed by atoms with E-state index in [4.69, 9.17) is 4.42 Å². The van der Waals surface area contributed by atoms with Gasteiger partial charge in [-0.2, -0.15) is 0 Å². The van der Waals surface area contributed by atoms with Crippen LogP contribution in [-0.4, -0.2) is 19.1 Å². The Morgan fingerprint density at radius 2 is 1.82 bits per heavy atom. The lowest BCUT2D eigenvalue weighted by atomic mass is 10.0. The molecule has 3 aromatic rings. The summed E-state index contributed by atoms with van der Waals surface area (Å²) < 4.78 is 5.50. The van der Waals surface area contributed by atoms with E-state index in [1.807, 2.05) is 6.92 Å². The molecular weight excluding hydrogens is 348 g/mol. The highest BCUT2D eigenvalue weighted by Crippen LogP contribution is 2.22. The Balaban J connectivity index is 1.38. The third-order valence-electron chi connectivity index (χ3n) is 6.22. The van der Waals surface area contributed by atoms with Crippen molar-refractivity contribution in [2.75, 3.05) is 13.1 Å². The maximum absolute atomic E-state index is 12.1. The lowest BCUT2D eigenvalue weighted by Crippen LogP contribution is -3.13. The van der Waals surface area contributed by atoms with Crippen LogP contribution in [0, 0.1) is 13.8 Å². The number of hydrogen-bond donors (Lipinski definition) is 2. The number of rotatable bonds is 5. The second-order valence-electron chi connectivity index (χ2n) is 8.16. The zero-order valence-electron chi connectivity index (χ0n) is 16.8. The van der Waals surface area contributed by atoms with Crippen LogP contribution in [0.1, 0.15) is 35.1 Å². The Labute approximate surface area is 166 Å². The zero-order chi connectivity index (χ0) is 19.5. The van der Waals surface area contributed by atoms with Crippen LogP contribution in [0.25, 0.3) is 11.0 Å². The predicted molar refractivity (Wildman–Crippen MR) is 111 cm³/mol. The first kappa shape index (κ1) is 18.9. The van der Waals surface area contributed by atoms with Gasteiger partial charge in [0.05, 0.1) is 19.1 Å². The van der Waals surface area contributed by atoms with E-state index in [1.54, 1.807) is 11.0 Å². The molecule has 1 saturated heterocycles. The predicted octanol–water partition coefficient (Wildman–Crippen LogP) is 1.72. The monoisotopic (exact) mass is 378 g/mol. The van der Waals surface area contributed by atoms with Gasteiger partial charge in [0.1, 0.15) is 18.7 Å². The van der Waals surface area contributed by atoms with Crippen molar-refractivity contribution < 1.29 is 14.6 Å². The van der Waals surface area contributed by atoms with Crippen molar-refractivity contribution in [3.8, 4) is 0 Å². The van der Waals surface area contributed by atoms with E-state index in [9.17, 15) is 4.79 Å². The van der Waals surface area contributed by atoms with Gasteiger partial charge in [0.15, 0.2) is 0 Å². The summed E-state index contributed by atoms with van der Waals surface area (Å²) in [5, 5.41) is 3.49. The molecule has 1 aromatic heterocycles. The fourth-order valence-electron chi connectivity index (χ4n) is 4.33. The molecule has 28 heavy (non-hydrogen) atoms. The summed E-state index contributed by atoms with van der Waals surface area (Å²) in [5.41, 5.74) is 5.24. The number of likely N-dealkylation sites (tertiary alicyclic amines) is 1. The molecule has 1 aliphatic heterocycles. The van der Waals surface area contributed by atoms with Crippen LogP contribution in [0.5, 0.6) is 0 Å². The summed E-state index contributed by atoms with van der Waals surface area (Å²) in [6.07, 6.45) is 2.44. The van der Waals surface area contributed by atoms with Crippen LogP contribution < -0.4 is 15.8 Å². The Kier molecular flexibility index (Phi) is 5.60. The first-order valence-corrected chi connectivity index (χ1v) is 10.3. The van der Waals surface area contributed by atoms with Crippen LogP contribution in [0.4, 0.5) is 0 Å². The average molecular weight is 379 g/mol. The Morgan fingerprint density at radius 1 is 1.07 bits per heavy atom. The van der Waals surface area contributed by atoms with E-state index in [-0.39, 0.29) is 5.63 Å². The van der Waals surface area contributed by atoms with Gasteiger partial charge in [0, 0.05) is 35.4 Å². The fraction of sp³-hybridized carbons (Fsp3) is 0.375. The Hall–Kier alpha value is -2.43. The highest BCUT2D eigenvalue weighted by atomic mass is 16.4. The molecule has 4 heteroatoms. The molecule has 0 atom stereocenters. The number of nitrogens with two attached hydrogens (primary N) is 1. The molecule has 1 aliphatic rings. The number of hydrogen-bond acceptors (Lipinski definition) is 2. The van der Waals surface area contributed by atoms with E-state index >= 15 is 0 Å². The zero-order valence-corrected chi connectivity index (χ0v) is 16.8. The summed E-state index contributed by atoms with van der Waals surface area (Å²) >= 11 is 0. The molecule has 146 valence electrons. The highest BCUT2D eigenvalue weighted by Gasteiger charge is 2.24. The van der Waals surface area contributed by atoms with Gasteiger partial charge in [-0.3, -0.25) is 0 Å². The van der Waals surface area contributed by atoms with Crippen molar-refractivity contribution in [1.82, 2.24) is 0 Å². The minimum Gasteiger partial charge on any atom is -0.422 e. The Bertz CT molecular complexity index is 1000. The van der Waals surface area contributed by atoms with Gasteiger partial charge in [-0.15, -0.1) is 0 Å². The maximum Gasteiger partial charge on any atom is 0.336 e. The lowest BCUT2D eigenvalue weighted by molar-refractivity contribution is -0.926. The topological polar surface area (TPSA) is 51.3 Å². The van der Waals surface area contributed by atoms with Crippen LogP contribution >= 0.6 is 0 Å². The van der Waals surface area contributed by atoms with Crippen molar-refractivity contribution in [2.24, 2.45) is 0 Å². The summed E-state index contributed by atoms with van der Waals surface area (Å²) in [7, 11) is 0. The van der Waals surface area contributed by atoms with Crippen LogP contribution in [0.15, 0.2) is 57.7 Å². The van der Waals surface area contributed by atoms with E-state index in [0.29, 0.717) is 6.04 Å². The largest absolute Gasteiger partial charge is 0.422 e. The van der Waals surface area contributed by atoms with Crippen molar-refractivity contribution >= 4 is 11.0 Å². The molecule has 3 N–H and O–H groups in total. The molecule has 2 aromatic carbocycles. The summed E-state index contributed by atoms with van der Waals surface area (Å²) in [6, 6.07) is 17.3. The molecule has 4 nitrogen and oxygen atoms in total. The minimum atomic E-state index is -0.244. The number of aryl methyl sites for hydroxylation is 2. The van der Waals surface area contributed by atoms with Gasteiger partial charge >= 0.3 is 5.63 Å². The van der Waals surface area contributed by atoms with Crippen molar-refractivity contribution in [3.63, 3.8) is 0 Å². The van der Waals surface area contributed by atoms with Gasteiger partial charge in [-0.25, -0.2) is 4.79 Å². The van der Waals surface area contributed by atoms with E-state index in [2.05, 4.69) is 54.7 Å². The number of benzene rings is 2. The third-order valence-corrected chi connectivity index (χ3v) is 6.22. The number of fused-ring (bicyclic) bond motifs is 1. The quantitative estimate of drug-likeness (QED) is 0.665. The number of quaternary nitrogens is 2. The molecule has 0 radical (unpaired) electrons. The maximum atomic E-state index is 12.1. The second kappa shape index (κ2) is 8.29. The van der Waals surface area contributed by atoms with Gasteiger partial charge < -0.3 is 14.6 Å². The lowest BCUT2D eigenvalue weighted by Gasteiger charge is -2.28. The van der Waals surface area contributed by atoms with Crippen molar-refractivity contribution in [1.29, 1.82) is 0 Å². The molecule has 0 saturated carbocycles. The second-order valence-corrected chi connectivity index (χ2v) is 8.16. The smallest absolute Gasteiger partial charge is 0.336 e. The highest BCUT2D eigenvalue weighted by molar-refractivity contribution is 5.83. The van der Waals surface area contributed by atoms with Crippen molar-refractivity contribution in [2.45, 2.75) is 45.8 Å². The van der Waals surface area contributed by atoms with Crippen LogP contribution in [-0.2, 0) is 13.1 Å². The molecule has 1 fully saturated rings. The molecule has 0 bridgehead atoms. The molecule has 0 amide bonds. The van der Waals surface area contributed by atoms with E-state index in [0.717, 1.165) is 40.7 Å². The molecule has 0 unspecified atom stereocenters. The van der Waals surface area contributed by atoms with Gasteiger partial charge in [-0.1, -0.05) is 42.5 Å². The Morgan fingerprint density at radius 3 is 2.57 bits per heavy atom. The minimum absolute atomic E-state index is 0.244. The molecular formula is C24H30N2O2+2. The van der Waals surface area contributed by atoms with Crippen LogP contribution in [0.2, 0.25) is 0 Å². The summed E-state index contributed by atoms with van der Waals surface area (Å²) in [5.74, 6) is 0. The van der Waals surface area contributed by atoms with Gasteiger partial charge in [0.2, 0.25) is 0 Å². The molecule has 2 heterocycles.